The minimum absolute atomic E-state index is 0.206. The third-order valence-corrected chi connectivity index (χ3v) is 6.72. The van der Waals surface area contributed by atoms with Gasteiger partial charge in [0.1, 0.15) is 0 Å². The SMILES string of the molecule is CCC(CC)(CNCC(C)C)CN(C)C1CCS(=O)(=O)C1. The molecule has 4 nitrogen and oxygen atoms in total. The molecule has 1 saturated heterocycles. The summed E-state index contributed by atoms with van der Waals surface area (Å²) >= 11 is 0. The van der Waals surface area contributed by atoms with E-state index >= 15 is 0 Å². The van der Waals surface area contributed by atoms with Crippen molar-refractivity contribution < 1.29 is 8.42 Å². The number of sulfone groups is 1. The summed E-state index contributed by atoms with van der Waals surface area (Å²) in [5.41, 5.74) is 0.246. The normalized spacial score (nSPS) is 22.3. The molecule has 0 aromatic rings. The standard InChI is InChI=1S/C16H34N2O2S/c1-6-16(7-2,12-17-10-14(3)4)13-18(5)15-8-9-21(19,20)11-15/h14-15,17H,6-13H2,1-5H3. The summed E-state index contributed by atoms with van der Waals surface area (Å²) in [6, 6.07) is 0.206. The van der Waals surface area contributed by atoms with Gasteiger partial charge >= 0.3 is 0 Å². The molecule has 0 spiro atoms. The summed E-state index contributed by atoms with van der Waals surface area (Å²) in [5, 5.41) is 3.59. The monoisotopic (exact) mass is 318 g/mol. The number of nitrogens with zero attached hydrogens (tertiary/aromatic N) is 1. The zero-order chi connectivity index (χ0) is 16.1. The van der Waals surface area contributed by atoms with Crippen LogP contribution in [-0.2, 0) is 9.84 Å². The molecule has 126 valence electrons. The van der Waals surface area contributed by atoms with E-state index in [0.717, 1.165) is 38.9 Å². The van der Waals surface area contributed by atoms with Gasteiger partial charge in [0.15, 0.2) is 9.84 Å². The maximum atomic E-state index is 11.7. The van der Waals surface area contributed by atoms with Gasteiger partial charge in [-0.15, -0.1) is 0 Å². The Morgan fingerprint density at radius 3 is 2.33 bits per heavy atom. The first-order chi connectivity index (χ1) is 9.73. The maximum absolute atomic E-state index is 11.7. The van der Waals surface area contributed by atoms with Crippen molar-refractivity contribution in [1.29, 1.82) is 0 Å². The van der Waals surface area contributed by atoms with Crippen LogP contribution in [0.4, 0.5) is 0 Å². The summed E-state index contributed by atoms with van der Waals surface area (Å²) in [6.07, 6.45) is 3.04. The van der Waals surface area contributed by atoms with Crippen molar-refractivity contribution in [3.05, 3.63) is 0 Å². The van der Waals surface area contributed by atoms with Gasteiger partial charge in [-0.2, -0.15) is 0 Å². The second kappa shape index (κ2) is 7.93. The fourth-order valence-corrected chi connectivity index (χ4v) is 4.99. The molecule has 1 aliphatic rings. The van der Waals surface area contributed by atoms with E-state index in [1.165, 1.54) is 0 Å². The molecule has 0 bridgehead atoms. The second-order valence-electron chi connectivity index (χ2n) is 7.20. The molecule has 0 amide bonds. The zero-order valence-corrected chi connectivity index (χ0v) is 15.3. The highest BCUT2D eigenvalue weighted by atomic mass is 32.2. The number of hydrogen-bond acceptors (Lipinski definition) is 4. The Balaban J connectivity index is 2.60. The summed E-state index contributed by atoms with van der Waals surface area (Å²) < 4.78 is 23.3. The fraction of sp³-hybridized carbons (Fsp3) is 1.00. The molecule has 0 saturated carbocycles. The maximum Gasteiger partial charge on any atom is 0.151 e. The molecule has 1 fully saturated rings. The van der Waals surface area contributed by atoms with Gasteiger partial charge in [-0.1, -0.05) is 27.7 Å². The van der Waals surface area contributed by atoms with Crippen LogP contribution >= 0.6 is 0 Å². The predicted molar refractivity (Wildman–Crippen MR) is 90.4 cm³/mol. The lowest BCUT2D eigenvalue weighted by Crippen LogP contribution is -2.46. The van der Waals surface area contributed by atoms with Crippen LogP contribution < -0.4 is 5.32 Å². The van der Waals surface area contributed by atoms with Crippen molar-refractivity contribution in [2.45, 2.75) is 53.0 Å². The van der Waals surface area contributed by atoms with Crippen LogP contribution in [0.25, 0.3) is 0 Å². The molecule has 5 heteroatoms. The average Bonchev–Trinajstić information content (AvgIpc) is 2.77. The van der Waals surface area contributed by atoms with Crippen LogP contribution in [0, 0.1) is 11.3 Å². The Bertz CT molecular complexity index is 403. The Morgan fingerprint density at radius 1 is 1.29 bits per heavy atom. The molecule has 0 aromatic heterocycles. The zero-order valence-electron chi connectivity index (χ0n) is 14.5. The van der Waals surface area contributed by atoms with Crippen molar-refractivity contribution in [2.24, 2.45) is 11.3 Å². The highest BCUT2D eigenvalue weighted by Gasteiger charge is 2.35. The first kappa shape index (κ1) is 18.9. The minimum Gasteiger partial charge on any atom is -0.316 e. The third-order valence-electron chi connectivity index (χ3n) is 4.97. The summed E-state index contributed by atoms with van der Waals surface area (Å²) in [7, 11) is -0.704. The quantitative estimate of drug-likeness (QED) is 0.708. The molecule has 1 heterocycles. The average molecular weight is 319 g/mol. The number of rotatable bonds is 9. The Morgan fingerprint density at radius 2 is 1.90 bits per heavy atom. The molecular weight excluding hydrogens is 284 g/mol. The highest BCUT2D eigenvalue weighted by molar-refractivity contribution is 7.91. The molecule has 0 radical (unpaired) electrons. The molecule has 1 atom stereocenters. The Kier molecular flexibility index (Phi) is 7.14. The van der Waals surface area contributed by atoms with Gasteiger partial charge in [-0.05, 0) is 44.2 Å². The number of hydrogen-bond donors (Lipinski definition) is 1. The van der Waals surface area contributed by atoms with E-state index in [9.17, 15) is 8.42 Å². The van der Waals surface area contributed by atoms with E-state index in [1.54, 1.807) is 0 Å². The number of nitrogens with one attached hydrogen (secondary N) is 1. The largest absolute Gasteiger partial charge is 0.316 e. The van der Waals surface area contributed by atoms with E-state index in [1.807, 2.05) is 0 Å². The van der Waals surface area contributed by atoms with Crippen molar-refractivity contribution in [1.82, 2.24) is 10.2 Å². The predicted octanol–water partition coefficient (Wildman–Crippen LogP) is 2.16. The Labute approximate surface area is 131 Å². The van der Waals surface area contributed by atoms with Crippen LogP contribution in [0.15, 0.2) is 0 Å². The second-order valence-corrected chi connectivity index (χ2v) is 9.43. The van der Waals surface area contributed by atoms with Crippen molar-refractivity contribution in [3.8, 4) is 0 Å². The lowest BCUT2D eigenvalue weighted by Gasteiger charge is -2.38. The van der Waals surface area contributed by atoms with E-state index in [2.05, 4.69) is 45.0 Å². The van der Waals surface area contributed by atoms with Gasteiger partial charge in [0.25, 0.3) is 0 Å². The molecule has 0 aromatic carbocycles. The molecule has 0 aliphatic carbocycles. The fourth-order valence-electron chi connectivity index (χ4n) is 3.19. The molecule has 21 heavy (non-hydrogen) atoms. The van der Waals surface area contributed by atoms with Crippen LogP contribution in [0.5, 0.6) is 0 Å². The van der Waals surface area contributed by atoms with Gasteiger partial charge < -0.3 is 10.2 Å². The highest BCUT2D eigenvalue weighted by Crippen LogP contribution is 2.29. The van der Waals surface area contributed by atoms with E-state index in [-0.39, 0.29) is 11.5 Å². The molecule has 1 N–H and O–H groups in total. The summed E-state index contributed by atoms with van der Waals surface area (Å²) in [5.74, 6) is 1.36. The van der Waals surface area contributed by atoms with Gasteiger partial charge in [0.05, 0.1) is 11.5 Å². The first-order valence-corrected chi connectivity index (χ1v) is 10.2. The third kappa shape index (κ3) is 5.87. The van der Waals surface area contributed by atoms with Gasteiger partial charge in [-0.25, -0.2) is 8.42 Å². The smallest absolute Gasteiger partial charge is 0.151 e. The van der Waals surface area contributed by atoms with E-state index < -0.39 is 9.84 Å². The van der Waals surface area contributed by atoms with E-state index in [0.29, 0.717) is 17.4 Å². The van der Waals surface area contributed by atoms with Crippen LogP contribution in [0.3, 0.4) is 0 Å². The van der Waals surface area contributed by atoms with Gasteiger partial charge in [0.2, 0.25) is 0 Å². The summed E-state index contributed by atoms with van der Waals surface area (Å²) in [6.45, 7) is 12.0. The lowest BCUT2D eigenvalue weighted by molar-refractivity contribution is 0.128. The Hall–Kier alpha value is -0.130. The molecule has 1 unspecified atom stereocenters. The van der Waals surface area contributed by atoms with Crippen LogP contribution in [0.2, 0.25) is 0 Å². The van der Waals surface area contributed by atoms with Gasteiger partial charge in [-0.3, -0.25) is 0 Å². The molecule has 1 aliphatic heterocycles. The minimum atomic E-state index is -2.79. The molecular formula is C16H34N2O2S. The van der Waals surface area contributed by atoms with Crippen LogP contribution in [-0.4, -0.2) is 57.5 Å². The van der Waals surface area contributed by atoms with Crippen molar-refractivity contribution >= 4 is 9.84 Å². The van der Waals surface area contributed by atoms with Crippen molar-refractivity contribution in [3.63, 3.8) is 0 Å². The van der Waals surface area contributed by atoms with Crippen LogP contribution in [0.1, 0.15) is 47.0 Å². The lowest BCUT2D eigenvalue weighted by atomic mass is 9.81. The molecule has 1 rings (SSSR count). The summed E-state index contributed by atoms with van der Waals surface area (Å²) in [4.78, 5) is 2.29. The topological polar surface area (TPSA) is 49.4 Å². The first-order valence-electron chi connectivity index (χ1n) is 8.35. The van der Waals surface area contributed by atoms with Gasteiger partial charge in [0, 0.05) is 19.1 Å². The van der Waals surface area contributed by atoms with E-state index in [4.69, 9.17) is 0 Å². The van der Waals surface area contributed by atoms with Crippen molar-refractivity contribution in [2.75, 3.05) is 38.2 Å².